The molecule has 1 aromatic rings. The van der Waals surface area contributed by atoms with E-state index in [9.17, 15) is 4.79 Å². The van der Waals surface area contributed by atoms with E-state index in [2.05, 4.69) is 23.6 Å². The number of halogens is 1. The van der Waals surface area contributed by atoms with Gasteiger partial charge in [-0.3, -0.25) is 14.6 Å². The van der Waals surface area contributed by atoms with Gasteiger partial charge in [0.05, 0.1) is 24.8 Å². The van der Waals surface area contributed by atoms with E-state index in [0.717, 1.165) is 52.5 Å². The van der Waals surface area contributed by atoms with Crippen molar-refractivity contribution in [2.24, 2.45) is 5.92 Å². The third kappa shape index (κ3) is 3.38. The van der Waals surface area contributed by atoms with Crippen molar-refractivity contribution in [2.45, 2.75) is 25.4 Å². The quantitative estimate of drug-likeness (QED) is 0.809. The van der Waals surface area contributed by atoms with Gasteiger partial charge in [0.25, 0.3) is 5.91 Å². The highest BCUT2D eigenvalue weighted by Crippen LogP contribution is 2.36. The number of hydrogen-bond donors (Lipinski definition) is 0. The second kappa shape index (κ2) is 7.12. The molecule has 0 bridgehead atoms. The van der Waals surface area contributed by atoms with Crippen LogP contribution >= 0.6 is 11.6 Å². The first-order chi connectivity index (χ1) is 12.5. The smallest absolute Gasteiger partial charge is 0.253 e. The Morgan fingerprint density at radius 3 is 2.69 bits per heavy atom. The van der Waals surface area contributed by atoms with Crippen molar-refractivity contribution in [3.05, 3.63) is 34.9 Å². The number of nitrogens with zero attached hydrogens (tertiary/aromatic N) is 3. The molecule has 1 unspecified atom stereocenters. The predicted molar refractivity (Wildman–Crippen MR) is 103 cm³/mol. The highest BCUT2D eigenvalue weighted by atomic mass is 35.5. The number of morpholine rings is 1. The van der Waals surface area contributed by atoms with Crippen LogP contribution in [0.15, 0.2) is 24.3 Å². The minimum atomic E-state index is 0.0870. The molecule has 1 aromatic carbocycles. The molecule has 3 saturated heterocycles. The van der Waals surface area contributed by atoms with Gasteiger partial charge in [-0.1, -0.05) is 25.4 Å². The van der Waals surface area contributed by atoms with Crippen LogP contribution in [0.25, 0.3) is 0 Å². The van der Waals surface area contributed by atoms with Gasteiger partial charge in [-0.25, -0.2) is 0 Å². The Kier molecular flexibility index (Phi) is 4.99. The second-order valence-corrected chi connectivity index (χ2v) is 8.84. The van der Waals surface area contributed by atoms with Crippen molar-refractivity contribution in [1.82, 2.24) is 14.7 Å². The van der Waals surface area contributed by atoms with Crippen LogP contribution in [-0.2, 0) is 4.74 Å². The summed E-state index contributed by atoms with van der Waals surface area (Å²) in [5.41, 5.74) is 0.803. The summed E-state index contributed by atoms with van der Waals surface area (Å²) in [6, 6.07) is 7.53. The zero-order chi connectivity index (χ0) is 18.3. The highest BCUT2D eigenvalue weighted by molar-refractivity contribution is 6.30. The summed E-state index contributed by atoms with van der Waals surface area (Å²) in [6.07, 6.45) is 0. The molecule has 5 nitrogen and oxygen atoms in total. The average Bonchev–Trinajstić information content (AvgIpc) is 2.60. The molecule has 3 aliphatic rings. The number of fused-ring (bicyclic) bond motifs is 2. The van der Waals surface area contributed by atoms with Gasteiger partial charge in [0.15, 0.2) is 0 Å². The third-order valence-corrected chi connectivity index (χ3v) is 6.04. The molecule has 3 fully saturated rings. The van der Waals surface area contributed by atoms with Crippen LogP contribution in [0.3, 0.4) is 0 Å². The van der Waals surface area contributed by atoms with E-state index in [1.807, 2.05) is 17.0 Å². The van der Waals surface area contributed by atoms with E-state index in [1.165, 1.54) is 0 Å². The van der Waals surface area contributed by atoms with E-state index in [-0.39, 0.29) is 11.4 Å². The van der Waals surface area contributed by atoms with Crippen molar-refractivity contribution in [1.29, 1.82) is 0 Å². The normalized spacial score (nSPS) is 26.0. The van der Waals surface area contributed by atoms with Crippen LogP contribution in [0.2, 0.25) is 5.02 Å². The topological polar surface area (TPSA) is 36.0 Å². The zero-order valence-electron chi connectivity index (χ0n) is 15.7. The van der Waals surface area contributed by atoms with Gasteiger partial charge in [0.2, 0.25) is 0 Å². The summed E-state index contributed by atoms with van der Waals surface area (Å²) in [5, 5.41) is 0.659. The summed E-state index contributed by atoms with van der Waals surface area (Å²) in [6.45, 7) is 11.8. The van der Waals surface area contributed by atoms with Gasteiger partial charge in [0, 0.05) is 49.9 Å². The number of amides is 1. The van der Waals surface area contributed by atoms with Crippen LogP contribution in [0.5, 0.6) is 0 Å². The van der Waals surface area contributed by atoms with Gasteiger partial charge < -0.3 is 9.64 Å². The Balaban J connectivity index is 1.52. The average molecular weight is 378 g/mol. The molecule has 1 amide bonds. The Hall–Kier alpha value is -1.14. The first-order valence-corrected chi connectivity index (χ1v) is 9.96. The molecule has 4 rings (SSSR count). The molecule has 0 saturated carbocycles. The van der Waals surface area contributed by atoms with Crippen LogP contribution in [0, 0.1) is 5.92 Å². The first-order valence-electron chi connectivity index (χ1n) is 9.58. The van der Waals surface area contributed by atoms with Crippen molar-refractivity contribution in [3.8, 4) is 0 Å². The van der Waals surface area contributed by atoms with E-state index in [4.69, 9.17) is 16.3 Å². The lowest BCUT2D eigenvalue weighted by molar-refractivity contribution is -0.159. The number of rotatable bonds is 3. The number of carbonyl (C=O) groups excluding carboxylic acids is 1. The van der Waals surface area contributed by atoms with Crippen molar-refractivity contribution < 1.29 is 9.53 Å². The maximum Gasteiger partial charge on any atom is 0.253 e. The molecule has 142 valence electrons. The van der Waals surface area contributed by atoms with Gasteiger partial charge in [-0.2, -0.15) is 0 Å². The lowest BCUT2D eigenvalue weighted by atomic mass is 9.82. The fourth-order valence-corrected chi connectivity index (χ4v) is 4.96. The standard InChI is InChI=1S/C20H28ClN3O2/c1-15(2)9-22-12-20(13-22)14-23(10-18-11-26-8-7-24(18)20)19(25)16-3-5-17(21)6-4-16/h3-6,15,18H,7-14H2,1-2H3. The molecule has 1 atom stereocenters. The summed E-state index contributed by atoms with van der Waals surface area (Å²) < 4.78 is 5.73. The van der Waals surface area contributed by atoms with Crippen molar-refractivity contribution >= 4 is 17.5 Å². The number of ether oxygens (including phenoxy) is 1. The SMILES string of the molecule is CC(C)CN1CC2(C1)CN(C(=O)c1ccc(Cl)cc1)CC1COCCN12. The van der Waals surface area contributed by atoms with Crippen LogP contribution in [-0.4, -0.2) is 84.7 Å². The maximum atomic E-state index is 13.1. The fourth-order valence-electron chi connectivity index (χ4n) is 4.84. The predicted octanol–water partition coefficient (Wildman–Crippen LogP) is 2.21. The van der Waals surface area contributed by atoms with Crippen molar-refractivity contribution in [3.63, 3.8) is 0 Å². The molecule has 1 spiro atoms. The summed E-state index contributed by atoms with van der Waals surface area (Å²) >= 11 is 5.97. The number of hydrogen-bond acceptors (Lipinski definition) is 4. The molecule has 0 radical (unpaired) electrons. The second-order valence-electron chi connectivity index (χ2n) is 8.40. The Labute approximate surface area is 160 Å². The fraction of sp³-hybridized carbons (Fsp3) is 0.650. The van der Waals surface area contributed by atoms with Gasteiger partial charge in [-0.15, -0.1) is 0 Å². The van der Waals surface area contributed by atoms with E-state index < -0.39 is 0 Å². The van der Waals surface area contributed by atoms with Gasteiger partial charge >= 0.3 is 0 Å². The van der Waals surface area contributed by atoms with Crippen LogP contribution in [0.1, 0.15) is 24.2 Å². The minimum Gasteiger partial charge on any atom is -0.378 e. The molecule has 3 aliphatic heterocycles. The number of piperazine rings is 1. The Morgan fingerprint density at radius 1 is 1.27 bits per heavy atom. The summed E-state index contributed by atoms with van der Waals surface area (Å²) in [4.78, 5) is 20.3. The summed E-state index contributed by atoms with van der Waals surface area (Å²) in [7, 11) is 0. The van der Waals surface area contributed by atoms with Crippen LogP contribution < -0.4 is 0 Å². The van der Waals surface area contributed by atoms with Crippen molar-refractivity contribution in [2.75, 3.05) is 52.5 Å². The van der Waals surface area contributed by atoms with E-state index in [0.29, 0.717) is 22.5 Å². The molecular formula is C20H28ClN3O2. The van der Waals surface area contributed by atoms with Gasteiger partial charge in [0.1, 0.15) is 0 Å². The lowest BCUT2D eigenvalue weighted by Crippen LogP contribution is -2.81. The molecule has 0 aromatic heterocycles. The largest absolute Gasteiger partial charge is 0.378 e. The Bertz CT molecular complexity index is 658. The molecular weight excluding hydrogens is 350 g/mol. The summed E-state index contributed by atoms with van der Waals surface area (Å²) in [5.74, 6) is 0.775. The zero-order valence-corrected chi connectivity index (χ0v) is 16.4. The number of carbonyl (C=O) groups is 1. The molecule has 0 aliphatic carbocycles. The molecule has 0 N–H and O–H groups in total. The third-order valence-electron chi connectivity index (χ3n) is 5.79. The lowest BCUT2D eigenvalue weighted by Gasteiger charge is -2.63. The highest BCUT2D eigenvalue weighted by Gasteiger charge is 2.54. The minimum absolute atomic E-state index is 0.0870. The number of benzene rings is 1. The molecule has 3 heterocycles. The maximum absolute atomic E-state index is 13.1. The number of likely N-dealkylation sites (tertiary alicyclic amines) is 1. The first kappa shape index (κ1) is 18.2. The Morgan fingerprint density at radius 2 is 2.00 bits per heavy atom. The molecule has 6 heteroatoms. The van der Waals surface area contributed by atoms with E-state index >= 15 is 0 Å². The molecule has 26 heavy (non-hydrogen) atoms. The van der Waals surface area contributed by atoms with Crippen LogP contribution in [0.4, 0.5) is 0 Å². The monoisotopic (exact) mass is 377 g/mol. The van der Waals surface area contributed by atoms with E-state index in [1.54, 1.807) is 12.1 Å². The van der Waals surface area contributed by atoms with Gasteiger partial charge in [-0.05, 0) is 30.2 Å².